The zero-order valence-electron chi connectivity index (χ0n) is 17.4. The van der Waals surface area contributed by atoms with Gasteiger partial charge in [-0.2, -0.15) is 5.10 Å². The van der Waals surface area contributed by atoms with Crippen LogP contribution in [0.1, 0.15) is 11.1 Å². The predicted molar refractivity (Wildman–Crippen MR) is 122 cm³/mol. The standard InChI is InChI=1S/C26H21N3O/c1-14-13-20-23-21(15(14)2)18-7-5-6-8-19(18)22(23)24-25(28-29(3)26(24)27-20)16-9-11-17(30-4)12-10-16/h5-13H,1-4H3. The summed E-state index contributed by atoms with van der Waals surface area (Å²) in [6.07, 6.45) is 0. The summed E-state index contributed by atoms with van der Waals surface area (Å²) in [4.78, 5) is 5.08. The van der Waals surface area contributed by atoms with Crippen LogP contribution in [0.4, 0.5) is 0 Å². The number of benzene rings is 3. The molecule has 0 saturated carbocycles. The second kappa shape index (κ2) is 5.92. The Morgan fingerprint density at radius 2 is 1.57 bits per heavy atom. The van der Waals surface area contributed by atoms with Gasteiger partial charge < -0.3 is 4.74 Å². The molecule has 30 heavy (non-hydrogen) atoms. The maximum Gasteiger partial charge on any atom is 0.159 e. The molecule has 5 aromatic rings. The number of hydrogen-bond acceptors (Lipinski definition) is 3. The molecule has 0 fully saturated rings. The van der Waals surface area contributed by atoms with E-state index in [0.29, 0.717) is 0 Å². The number of aromatic nitrogens is 3. The Morgan fingerprint density at radius 3 is 2.27 bits per heavy atom. The molecule has 0 saturated heterocycles. The normalized spacial score (nSPS) is 12.0. The van der Waals surface area contributed by atoms with Gasteiger partial charge in [-0.15, -0.1) is 0 Å². The lowest BCUT2D eigenvalue weighted by atomic mass is 9.96. The highest BCUT2D eigenvalue weighted by atomic mass is 16.5. The SMILES string of the molecule is COc1ccc(-c2nn(C)c3nc4cc(C)c(C)c5c4c(c23)-c2ccccc2-5)cc1. The smallest absolute Gasteiger partial charge is 0.159 e. The Labute approximate surface area is 174 Å². The molecule has 2 heterocycles. The number of fused-ring (bicyclic) bond motifs is 5. The maximum atomic E-state index is 5.34. The Kier molecular flexibility index (Phi) is 3.40. The lowest BCUT2D eigenvalue weighted by Gasteiger charge is -2.10. The van der Waals surface area contributed by atoms with Crippen molar-refractivity contribution in [3.8, 4) is 39.3 Å². The van der Waals surface area contributed by atoms with E-state index in [9.17, 15) is 0 Å². The third-order valence-electron chi connectivity index (χ3n) is 6.40. The highest BCUT2D eigenvalue weighted by molar-refractivity contribution is 6.24. The molecule has 4 nitrogen and oxygen atoms in total. The van der Waals surface area contributed by atoms with Crippen molar-refractivity contribution in [2.75, 3.05) is 7.11 Å². The van der Waals surface area contributed by atoms with Crippen LogP contribution in [0, 0.1) is 13.8 Å². The van der Waals surface area contributed by atoms with Gasteiger partial charge in [0.2, 0.25) is 0 Å². The van der Waals surface area contributed by atoms with Crippen molar-refractivity contribution in [3.63, 3.8) is 0 Å². The molecule has 6 rings (SSSR count). The second-order valence-corrected chi connectivity index (χ2v) is 8.02. The van der Waals surface area contributed by atoms with Crippen molar-refractivity contribution in [1.29, 1.82) is 0 Å². The number of rotatable bonds is 2. The molecule has 3 aromatic carbocycles. The van der Waals surface area contributed by atoms with Crippen LogP contribution >= 0.6 is 0 Å². The summed E-state index contributed by atoms with van der Waals surface area (Å²) >= 11 is 0. The van der Waals surface area contributed by atoms with E-state index in [1.54, 1.807) is 7.11 Å². The fourth-order valence-electron chi connectivity index (χ4n) is 4.83. The molecule has 1 aliphatic rings. The second-order valence-electron chi connectivity index (χ2n) is 8.02. The summed E-state index contributed by atoms with van der Waals surface area (Å²) in [5.41, 5.74) is 11.7. The molecule has 4 heteroatoms. The van der Waals surface area contributed by atoms with Gasteiger partial charge in [-0.05, 0) is 72.0 Å². The van der Waals surface area contributed by atoms with Crippen LogP contribution in [0.15, 0.2) is 54.6 Å². The lowest BCUT2D eigenvalue weighted by Crippen LogP contribution is -1.94. The van der Waals surface area contributed by atoms with Crippen LogP contribution in [0.2, 0.25) is 0 Å². The lowest BCUT2D eigenvalue weighted by molar-refractivity contribution is 0.415. The molecular weight excluding hydrogens is 370 g/mol. The molecule has 0 spiro atoms. The molecule has 146 valence electrons. The fraction of sp³-hybridized carbons (Fsp3) is 0.154. The number of ether oxygens (including phenoxy) is 1. The average Bonchev–Trinajstić information content (AvgIpc) is 3.28. The summed E-state index contributed by atoms with van der Waals surface area (Å²) in [7, 11) is 3.66. The van der Waals surface area contributed by atoms with Crippen LogP contribution < -0.4 is 4.74 Å². The van der Waals surface area contributed by atoms with Crippen molar-refractivity contribution in [3.05, 3.63) is 65.7 Å². The molecule has 2 aromatic heterocycles. The van der Waals surface area contributed by atoms with E-state index in [0.717, 1.165) is 33.6 Å². The van der Waals surface area contributed by atoms with Gasteiger partial charge in [0.1, 0.15) is 11.4 Å². The Hall–Kier alpha value is -3.66. The van der Waals surface area contributed by atoms with Crippen molar-refractivity contribution >= 4 is 21.9 Å². The Bertz CT molecular complexity index is 1490. The predicted octanol–water partition coefficient (Wildman–Crippen LogP) is 6.06. The van der Waals surface area contributed by atoms with Gasteiger partial charge >= 0.3 is 0 Å². The zero-order valence-corrected chi connectivity index (χ0v) is 17.4. The Balaban J connectivity index is 1.81. The van der Waals surface area contributed by atoms with Gasteiger partial charge in [0.15, 0.2) is 5.65 Å². The van der Waals surface area contributed by atoms with Crippen LogP contribution in [-0.2, 0) is 7.05 Å². The fourth-order valence-corrected chi connectivity index (χ4v) is 4.83. The summed E-state index contributed by atoms with van der Waals surface area (Å²) in [6.45, 7) is 4.39. The van der Waals surface area contributed by atoms with Gasteiger partial charge in [-0.3, -0.25) is 0 Å². The van der Waals surface area contributed by atoms with Gasteiger partial charge in [0, 0.05) is 23.6 Å². The third kappa shape index (κ3) is 2.11. The monoisotopic (exact) mass is 391 g/mol. The average molecular weight is 391 g/mol. The Morgan fingerprint density at radius 1 is 0.867 bits per heavy atom. The van der Waals surface area contributed by atoms with E-state index in [2.05, 4.69) is 56.3 Å². The van der Waals surface area contributed by atoms with E-state index < -0.39 is 0 Å². The first-order chi connectivity index (χ1) is 14.6. The number of pyridine rings is 1. The molecule has 1 aliphatic carbocycles. The van der Waals surface area contributed by atoms with Crippen LogP contribution in [0.25, 0.3) is 55.4 Å². The minimum Gasteiger partial charge on any atom is -0.497 e. The number of aryl methyl sites for hydroxylation is 2. The quantitative estimate of drug-likeness (QED) is 0.360. The summed E-state index contributed by atoms with van der Waals surface area (Å²) in [5.74, 6) is 0.839. The first kappa shape index (κ1) is 17.2. The summed E-state index contributed by atoms with van der Waals surface area (Å²) < 4.78 is 7.24. The highest BCUT2D eigenvalue weighted by Crippen LogP contribution is 2.52. The number of methoxy groups -OCH3 is 1. The molecule has 0 unspecified atom stereocenters. The molecule has 0 amide bonds. The van der Waals surface area contributed by atoms with E-state index in [1.165, 1.54) is 38.8 Å². The maximum absolute atomic E-state index is 5.34. The highest BCUT2D eigenvalue weighted by Gasteiger charge is 2.29. The topological polar surface area (TPSA) is 39.9 Å². The largest absolute Gasteiger partial charge is 0.497 e. The van der Waals surface area contributed by atoms with Gasteiger partial charge in [-0.25, -0.2) is 9.67 Å². The zero-order chi connectivity index (χ0) is 20.6. The van der Waals surface area contributed by atoms with Crippen LogP contribution in [-0.4, -0.2) is 21.9 Å². The first-order valence-electron chi connectivity index (χ1n) is 10.1. The number of nitrogens with zero attached hydrogens (tertiary/aromatic N) is 3. The molecule has 0 N–H and O–H groups in total. The van der Waals surface area contributed by atoms with Gasteiger partial charge in [0.25, 0.3) is 0 Å². The van der Waals surface area contributed by atoms with Crippen LogP contribution in [0.5, 0.6) is 5.75 Å². The van der Waals surface area contributed by atoms with Crippen molar-refractivity contribution in [1.82, 2.24) is 14.8 Å². The third-order valence-corrected chi connectivity index (χ3v) is 6.40. The van der Waals surface area contributed by atoms with Crippen molar-refractivity contribution < 1.29 is 4.74 Å². The van der Waals surface area contributed by atoms with E-state index in [1.807, 2.05) is 23.9 Å². The molecule has 0 aliphatic heterocycles. The minimum atomic E-state index is 0.839. The minimum absolute atomic E-state index is 0.839. The summed E-state index contributed by atoms with van der Waals surface area (Å²) in [5, 5.41) is 7.26. The van der Waals surface area contributed by atoms with E-state index >= 15 is 0 Å². The van der Waals surface area contributed by atoms with Crippen molar-refractivity contribution in [2.24, 2.45) is 7.05 Å². The first-order valence-corrected chi connectivity index (χ1v) is 10.1. The number of hydrogen-bond donors (Lipinski definition) is 0. The molecule has 0 bridgehead atoms. The molecule has 0 radical (unpaired) electrons. The summed E-state index contributed by atoms with van der Waals surface area (Å²) in [6, 6.07) is 19.0. The van der Waals surface area contributed by atoms with Gasteiger partial charge in [0.05, 0.1) is 18.0 Å². The van der Waals surface area contributed by atoms with E-state index in [4.69, 9.17) is 14.8 Å². The van der Waals surface area contributed by atoms with Gasteiger partial charge in [-0.1, -0.05) is 24.3 Å². The van der Waals surface area contributed by atoms with E-state index in [-0.39, 0.29) is 0 Å². The van der Waals surface area contributed by atoms with Crippen molar-refractivity contribution in [2.45, 2.75) is 13.8 Å². The molecule has 0 atom stereocenters. The van der Waals surface area contributed by atoms with Crippen LogP contribution in [0.3, 0.4) is 0 Å². The molecular formula is C26H21N3O.